The van der Waals surface area contributed by atoms with Gasteiger partial charge < -0.3 is 9.32 Å². The molecule has 0 fully saturated rings. The molecule has 0 aliphatic carbocycles. The summed E-state index contributed by atoms with van der Waals surface area (Å²) >= 11 is 0. The third-order valence-electron chi connectivity index (χ3n) is 12.7. The van der Waals surface area contributed by atoms with Crippen molar-refractivity contribution in [2.75, 3.05) is 4.90 Å². The summed E-state index contributed by atoms with van der Waals surface area (Å²) in [4.78, 5) is 2.35. The van der Waals surface area contributed by atoms with Gasteiger partial charge in [-0.2, -0.15) is 0 Å². The maximum absolute atomic E-state index is 6.44. The van der Waals surface area contributed by atoms with E-state index >= 15 is 0 Å². The summed E-state index contributed by atoms with van der Waals surface area (Å²) in [5.41, 5.74) is 16.8. The summed E-state index contributed by atoms with van der Waals surface area (Å²) < 4.78 is 6.44. The molecule has 300 valence electrons. The standard InChI is InChI=1S/C62H41NO/c1-2-13-48-39-51(30-29-42(48)11-1)45-31-35-53(36-32-45)63(54-37-33-47(34-38-54)58-22-10-23-60-59-20-5-6-24-61(59)64-62(58)60)55-18-8-16-50(41-55)44-27-25-43(26-28-44)49-15-7-17-52(40-49)57-21-9-14-46-12-3-4-19-56(46)57/h1-41H. The van der Waals surface area contributed by atoms with Crippen LogP contribution in [0.25, 0.3) is 99.1 Å². The lowest BCUT2D eigenvalue weighted by Gasteiger charge is -2.26. The molecule has 2 nitrogen and oxygen atoms in total. The lowest BCUT2D eigenvalue weighted by atomic mass is 9.94. The Morgan fingerprint density at radius 2 is 0.750 bits per heavy atom. The molecule has 12 aromatic rings. The molecule has 0 unspecified atom stereocenters. The predicted molar refractivity (Wildman–Crippen MR) is 271 cm³/mol. The molecule has 2 heteroatoms. The van der Waals surface area contributed by atoms with Gasteiger partial charge in [-0.25, -0.2) is 0 Å². The molecule has 0 saturated heterocycles. The molecule has 11 aromatic carbocycles. The van der Waals surface area contributed by atoms with E-state index in [1.807, 2.05) is 12.1 Å². The van der Waals surface area contributed by atoms with Gasteiger partial charge in [0, 0.05) is 33.4 Å². The molecule has 0 amide bonds. The maximum atomic E-state index is 6.44. The highest BCUT2D eigenvalue weighted by atomic mass is 16.3. The van der Waals surface area contributed by atoms with E-state index < -0.39 is 0 Å². The van der Waals surface area contributed by atoms with Crippen LogP contribution in [0.5, 0.6) is 0 Å². The normalized spacial score (nSPS) is 11.4. The first-order valence-electron chi connectivity index (χ1n) is 21.9. The van der Waals surface area contributed by atoms with E-state index in [0.29, 0.717) is 0 Å². The number of benzene rings is 11. The van der Waals surface area contributed by atoms with Gasteiger partial charge in [0.1, 0.15) is 11.2 Å². The van der Waals surface area contributed by atoms with Crippen LogP contribution in [0.15, 0.2) is 253 Å². The number of fused-ring (bicyclic) bond motifs is 5. The minimum atomic E-state index is 0.903. The summed E-state index contributed by atoms with van der Waals surface area (Å²) in [5.74, 6) is 0. The summed E-state index contributed by atoms with van der Waals surface area (Å²) in [6.07, 6.45) is 0. The Morgan fingerprint density at radius 3 is 1.52 bits per heavy atom. The molecular formula is C62H41NO. The van der Waals surface area contributed by atoms with Gasteiger partial charge in [0.2, 0.25) is 0 Å². The first-order valence-corrected chi connectivity index (χ1v) is 21.9. The highest BCUT2D eigenvalue weighted by Gasteiger charge is 2.17. The van der Waals surface area contributed by atoms with Crippen molar-refractivity contribution in [1.29, 1.82) is 0 Å². The lowest BCUT2D eigenvalue weighted by Crippen LogP contribution is -2.10. The maximum Gasteiger partial charge on any atom is 0.143 e. The molecule has 64 heavy (non-hydrogen) atoms. The van der Waals surface area contributed by atoms with Gasteiger partial charge in [-0.05, 0) is 126 Å². The van der Waals surface area contributed by atoms with Crippen molar-refractivity contribution in [3.8, 4) is 55.6 Å². The fraction of sp³-hybridized carbons (Fsp3) is 0. The Hall–Kier alpha value is -8.46. The number of rotatable bonds is 8. The molecule has 12 rings (SSSR count). The number of para-hydroxylation sites is 2. The Bertz CT molecular complexity index is 3650. The molecule has 0 aliphatic rings. The van der Waals surface area contributed by atoms with Gasteiger partial charge in [-0.1, -0.05) is 194 Å². The summed E-state index contributed by atoms with van der Waals surface area (Å²) in [6.45, 7) is 0. The number of anilines is 3. The molecule has 0 spiro atoms. The Balaban J connectivity index is 0.898. The Labute approximate surface area is 372 Å². The van der Waals surface area contributed by atoms with Crippen LogP contribution >= 0.6 is 0 Å². The van der Waals surface area contributed by atoms with Crippen molar-refractivity contribution in [3.63, 3.8) is 0 Å². The van der Waals surface area contributed by atoms with Crippen LogP contribution in [-0.4, -0.2) is 0 Å². The third kappa shape index (κ3) is 6.79. The smallest absolute Gasteiger partial charge is 0.143 e. The van der Waals surface area contributed by atoms with E-state index in [-0.39, 0.29) is 0 Å². The molecule has 0 radical (unpaired) electrons. The van der Waals surface area contributed by atoms with E-state index in [1.54, 1.807) is 0 Å². The van der Waals surface area contributed by atoms with Crippen molar-refractivity contribution in [2.24, 2.45) is 0 Å². The first kappa shape index (κ1) is 37.3. The van der Waals surface area contributed by atoms with Crippen molar-refractivity contribution >= 4 is 60.5 Å². The zero-order valence-electron chi connectivity index (χ0n) is 35.0. The summed E-state index contributed by atoms with van der Waals surface area (Å²) in [7, 11) is 0. The molecular weight excluding hydrogens is 775 g/mol. The van der Waals surface area contributed by atoms with E-state index in [0.717, 1.165) is 61.3 Å². The van der Waals surface area contributed by atoms with E-state index in [2.05, 4.69) is 241 Å². The Kier molecular flexibility index (Phi) is 9.20. The second kappa shape index (κ2) is 15.8. The van der Waals surface area contributed by atoms with Crippen LogP contribution in [0.4, 0.5) is 17.1 Å². The minimum Gasteiger partial charge on any atom is -0.455 e. The SMILES string of the molecule is c1cc(-c2ccc(-c3cccc(N(c4ccc(-c5ccc6ccccc6c5)cc4)c4ccc(-c5cccc6c5oc5ccccc56)cc4)c3)cc2)cc(-c2cccc3ccccc23)c1. The van der Waals surface area contributed by atoms with Crippen LogP contribution in [-0.2, 0) is 0 Å². The average Bonchev–Trinajstić information content (AvgIpc) is 3.76. The zero-order chi connectivity index (χ0) is 42.4. The van der Waals surface area contributed by atoms with Gasteiger partial charge in [0.15, 0.2) is 0 Å². The van der Waals surface area contributed by atoms with Gasteiger partial charge in [-0.15, -0.1) is 0 Å². The van der Waals surface area contributed by atoms with Crippen LogP contribution in [0, 0.1) is 0 Å². The predicted octanol–water partition coefficient (Wildman–Crippen LogP) is 17.7. The molecule has 0 bridgehead atoms. The average molecular weight is 816 g/mol. The van der Waals surface area contributed by atoms with Gasteiger partial charge in [0.25, 0.3) is 0 Å². The zero-order valence-corrected chi connectivity index (χ0v) is 35.0. The number of hydrogen-bond donors (Lipinski definition) is 0. The largest absolute Gasteiger partial charge is 0.455 e. The van der Waals surface area contributed by atoms with Crippen LogP contribution < -0.4 is 4.90 Å². The van der Waals surface area contributed by atoms with Gasteiger partial charge >= 0.3 is 0 Å². The molecule has 1 heterocycles. The van der Waals surface area contributed by atoms with Gasteiger partial charge in [-0.3, -0.25) is 0 Å². The molecule has 0 atom stereocenters. The summed E-state index contributed by atoms with van der Waals surface area (Å²) in [5, 5.41) is 7.27. The van der Waals surface area contributed by atoms with Gasteiger partial charge in [0.05, 0.1) is 0 Å². The quantitative estimate of drug-likeness (QED) is 0.152. The number of hydrogen-bond acceptors (Lipinski definition) is 2. The van der Waals surface area contributed by atoms with Crippen LogP contribution in [0.1, 0.15) is 0 Å². The molecule has 0 saturated carbocycles. The highest BCUT2D eigenvalue weighted by molar-refractivity contribution is 6.09. The third-order valence-corrected chi connectivity index (χ3v) is 12.7. The van der Waals surface area contributed by atoms with E-state index in [4.69, 9.17) is 4.42 Å². The number of nitrogens with zero attached hydrogens (tertiary/aromatic N) is 1. The van der Waals surface area contributed by atoms with Crippen molar-refractivity contribution in [1.82, 2.24) is 0 Å². The Morgan fingerprint density at radius 1 is 0.250 bits per heavy atom. The van der Waals surface area contributed by atoms with E-state index in [1.165, 1.54) is 54.9 Å². The fourth-order valence-corrected chi connectivity index (χ4v) is 9.41. The van der Waals surface area contributed by atoms with Crippen LogP contribution in [0.3, 0.4) is 0 Å². The fourth-order valence-electron chi connectivity index (χ4n) is 9.41. The van der Waals surface area contributed by atoms with Crippen LogP contribution in [0.2, 0.25) is 0 Å². The monoisotopic (exact) mass is 815 g/mol. The minimum absolute atomic E-state index is 0.903. The highest BCUT2D eigenvalue weighted by Crippen LogP contribution is 2.41. The summed E-state index contributed by atoms with van der Waals surface area (Å²) in [6, 6.07) is 89.7. The lowest BCUT2D eigenvalue weighted by molar-refractivity contribution is 0.670. The molecule has 1 aromatic heterocycles. The van der Waals surface area contributed by atoms with Crippen molar-refractivity contribution < 1.29 is 4.42 Å². The topological polar surface area (TPSA) is 16.4 Å². The molecule has 0 N–H and O–H groups in total. The van der Waals surface area contributed by atoms with E-state index in [9.17, 15) is 0 Å². The van der Waals surface area contributed by atoms with Crippen molar-refractivity contribution in [2.45, 2.75) is 0 Å². The second-order valence-electron chi connectivity index (χ2n) is 16.5. The first-order chi connectivity index (χ1) is 31.7. The molecule has 0 aliphatic heterocycles. The number of furan rings is 1. The van der Waals surface area contributed by atoms with Crippen molar-refractivity contribution in [3.05, 3.63) is 249 Å². The second-order valence-corrected chi connectivity index (χ2v) is 16.5.